The molecule has 3 aromatic carbocycles. The number of phenols is 1. The normalized spacial score (nSPS) is 18.4. The van der Waals surface area contributed by atoms with E-state index in [9.17, 15) is 24.3 Å². The zero-order valence-corrected chi connectivity index (χ0v) is 25.9. The molecule has 12 heteroatoms. The van der Waals surface area contributed by atoms with Gasteiger partial charge in [0.2, 0.25) is 23.6 Å². The minimum absolute atomic E-state index is 0.0321. The summed E-state index contributed by atoms with van der Waals surface area (Å²) in [6.07, 6.45) is 3.38. The molecule has 2 atom stereocenters. The van der Waals surface area contributed by atoms with Crippen LogP contribution in [0, 0.1) is 0 Å². The highest BCUT2D eigenvalue weighted by molar-refractivity contribution is 5.92. The van der Waals surface area contributed by atoms with Gasteiger partial charge in [0.05, 0.1) is 30.5 Å². The molecule has 1 aromatic heterocycles. The smallest absolute Gasteiger partial charge is 0.246 e. The summed E-state index contributed by atoms with van der Waals surface area (Å²) in [5.41, 5.74) is 9.31. The average molecular weight is 636 g/mol. The fourth-order valence-electron chi connectivity index (χ4n) is 6.54. The Bertz CT molecular complexity index is 1810. The summed E-state index contributed by atoms with van der Waals surface area (Å²) < 4.78 is 1.66. The Morgan fingerprint density at radius 1 is 1.00 bits per heavy atom. The van der Waals surface area contributed by atoms with Gasteiger partial charge in [0.15, 0.2) is 0 Å². The molecule has 2 fully saturated rings. The van der Waals surface area contributed by atoms with Crippen LogP contribution in [0.15, 0.2) is 91.8 Å². The topological polar surface area (TPSA) is 145 Å². The number of nitrogens with two attached hydrogens (primary N) is 1. The van der Waals surface area contributed by atoms with E-state index < -0.39 is 18.1 Å². The molecule has 3 N–H and O–H groups in total. The van der Waals surface area contributed by atoms with Crippen LogP contribution in [0.2, 0.25) is 0 Å². The number of amides is 4. The lowest BCUT2D eigenvalue weighted by Gasteiger charge is -2.55. The van der Waals surface area contributed by atoms with Gasteiger partial charge in [-0.2, -0.15) is 0 Å². The number of hydrogen-bond acceptors (Lipinski definition) is 7. The molecule has 0 spiro atoms. The summed E-state index contributed by atoms with van der Waals surface area (Å²) in [6, 6.07) is 20.9. The third-order valence-corrected chi connectivity index (χ3v) is 8.68. The van der Waals surface area contributed by atoms with Crippen LogP contribution in [-0.2, 0) is 45.1 Å². The number of primary amides is 1. The number of imidazole rings is 1. The quantitative estimate of drug-likeness (QED) is 0.241. The lowest BCUT2D eigenvalue weighted by Crippen LogP contribution is -2.75. The van der Waals surface area contributed by atoms with Crippen LogP contribution in [0.5, 0.6) is 5.75 Å². The van der Waals surface area contributed by atoms with Crippen molar-refractivity contribution in [2.45, 2.75) is 44.6 Å². The number of hydrazine groups is 1. The summed E-state index contributed by atoms with van der Waals surface area (Å²) >= 11 is 0. The van der Waals surface area contributed by atoms with Crippen LogP contribution in [0.4, 0.5) is 0 Å². The van der Waals surface area contributed by atoms with Crippen molar-refractivity contribution in [1.29, 1.82) is 0 Å². The number of benzene rings is 3. The number of rotatable bonds is 11. The number of carbonyl (C=O) groups is 4. The van der Waals surface area contributed by atoms with E-state index in [0.29, 0.717) is 17.5 Å². The number of nitrogens with zero attached hydrogens (tertiary/aromatic N) is 6. The van der Waals surface area contributed by atoms with E-state index in [1.54, 1.807) is 61.1 Å². The van der Waals surface area contributed by atoms with Crippen molar-refractivity contribution < 1.29 is 24.3 Å². The zero-order chi connectivity index (χ0) is 33.1. The number of piperazine rings is 1. The molecule has 4 aromatic rings. The first-order valence-electron chi connectivity index (χ1n) is 15.5. The number of aromatic nitrogens is 2. The molecule has 0 aliphatic carbocycles. The Morgan fingerprint density at radius 3 is 2.49 bits per heavy atom. The van der Waals surface area contributed by atoms with Gasteiger partial charge in [0.25, 0.3) is 0 Å². The maximum absolute atomic E-state index is 14.3. The lowest BCUT2D eigenvalue weighted by atomic mass is 9.98. The Labute approximate surface area is 272 Å². The highest BCUT2D eigenvalue weighted by atomic mass is 16.3. The van der Waals surface area contributed by atoms with Gasteiger partial charge in [-0.15, -0.1) is 6.58 Å². The predicted octanol–water partition coefficient (Wildman–Crippen LogP) is 2.21. The molecule has 6 rings (SSSR count). The van der Waals surface area contributed by atoms with Crippen molar-refractivity contribution in [1.82, 2.24) is 29.4 Å². The van der Waals surface area contributed by atoms with Gasteiger partial charge < -0.3 is 25.2 Å². The molecule has 0 bridgehead atoms. The first kappa shape index (κ1) is 31.5. The minimum atomic E-state index is -0.896. The van der Waals surface area contributed by atoms with Gasteiger partial charge in [-0.25, -0.2) is 15.0 Å². The van der Waals surface area contributed by atoms with Crippen molar-refractivity contribution in [3.63, 3.8) is 0 Å². The molecule has 0 saturated carbocycles. The minimum Gasteiger partial charge on any atom is -0.508 e. The third-order valence-electron chi connectivity index (χ3n) is 8.68. The monoisotopic (exact) mass is 635 g/mol. The van der Waals surface area contributed by atoms with E-state index in [0.717, 1.165) is 16.7 Å². The van der Waals surface area contributed by atoms with E-state index in [-0.39, 0.29) is 69.0 Å². The summed E-state index contributed by atoms with van der Waals surface area (Å²) in [6.45, 7) is 4.28. The number of aromatic hydroxyl groups is 1. The molecular weight excluding hydrogens is 598 g/mol. The third kappa shape index (κ3) is 6.59. The summed E-state index contributed by atoms with van der Waals surface area (Å²) in [5.74, 6) is -1.08. The Hall–Kier alpha value is -5.49. The molecular formula is C35H37N7O5. The molecule has 3 heterocycles. The second-order valence-electron chi connectivity index (χ2n) is 11.9. The van der Waals surface area contributed by atoms with E-state index in [1.807, 2.05) is 48.5 Å². The first-order chi connectivity index (χ1) is 22.7. The molecule has 4 amide bonds. The number of phenolic OH excluding ortho intramolecular Hbond substituents is 1. The first-order valence-corrected chi connectivity index (χ1v) is 15.5. The Balaban J connectivity index is 1.37. The van der Waals surface area contributed by atoms with E-state index >= 15 is 0 Å². The highest BCUT2D eigenvalue weighted by Gasteiger charge is 2.51. The van der Waals surface area contributed by atoms with Crippen LogP contribution in [0.25, 0.3) is 11.0 Å². The lowest BCUT2D eigenvalue weighted by molar-refractivity contribution is -0.205. The van der Waals surface area contributed by atoms with Gasteiger partial charge in [0, 0.05) is 25.9 Å². The van der Waals surface area contributed by atoms with Crippen LogP contribution in [0.3, 0.4) is 0 Å². The van der Waals surface area contributed by atoms with Crippen LogP contribution >= 0.6 is 0 Å². The van der Waals surface area contributed by atoms with Crippen molar-refractivity contribution in [2.24, 2.45) is 5.73 Å². The standard InChI is InChI=1S/C35H37N7O5/c1-2-17-40-22-33(46)41-29(18-25-11-14-27(43)15-12-25)35(47)38(19-26-9-6-10-28-34(26)37-23-39(28)20-30(36)44)21-31(41)42(40)32(45)16-13-24-7-4-3-5-8-24/h2-12,14-15,23,29,31,43H,1,13,16-22H2,(H2,36,44)/t29-,31-/m0/s1. The van der Waals surface area contributed by atoms with Crippen molar-refractivity contribution in [3.8, 4) is 5.75 Å². The van der Waals surface area contributed by atoms with E-state index in [2.05, 4.69) is 11.6 Å². The zero-order valence-electron chi connectivity index (χ0n) is 25.9. The number of para-hydroxylation sites is 1. The van der Waals surface area contributed by atoms with E-state index in [4.69, 9.17) is 5.73 Å². The van der Waals surface area contributed by atoms with Crippen LogP contribution in [-0.4, -0.2) is 89.9 Å². The van der Waals surface area contributed by atoms with Gasteiger partial charge in [-0.1, -0.05) is 60.7 Å². The number of aryl methyl sites for hydroxylation is 1. The molecule has 47 heavy (non-hydrogen) atoms. The number of fused-ring (bicyclic) bond motifs is 2. The molecule has 12 nitrogen and oxygen atoms in total. The largest absolute Gasteiger partial charge is 0.508 e. The molecule has 2 saturated heterocycles. The Kier molecular flexibility index (Phi) is 9.03. The SMILES string of the molecule is C=CCN1CC(=O)N2[C@@H](Cc3ccc(O)cc3)C(=O)N(Cc3cccc4c3ncn4CC(N)=O)C[C@@H]2N1C(=O)CCc1ccccc1. The average Bonchev–Trinajstić information content (AvgIpc) is 3.46. The molecule has 242 valence electrons. The molecule has 0 radical (unpaired) electrons. The van der Waals surface area contributed by atoms with E-state index in [1.165, 1.54) is 0 Å². The number of hydrogen-bond donors (Lipinski definition) is 2. The van der Waals surface area contributed by atoms with Gasteiger partial charge >= 0.3 is 0 Å². The fourth-order valence-corrected chi connectivity index (χ4v) is 6.54. The Morgan fingerprint density at radius 2 is 1.77 bits per heavy atom. The second-order valence-corrected chi connectivity index (χ2v) is 11.9. The maximum atomic E-state index is 14.3. The highest BCUT2D eigenvalue weighted by Crippen LogP contribution is 2.31. The number of carbonyl (C=O) groups excluding carboxylic acids is 4. The summed E-state index contributed by atoms with van der Waals surface area (Å²) in [5, 5.41) is 13.2. The van der Waals surface area contributed by atoms with Gasteiger partial charge in [-0.3, -0.25) is 19.2 Å². The molecule has 2 aliphatic heterocycles. The second kappa shape index (κ2) is 13.5. The van der Waals surface area contributed by atoms with Crippen molar-refractivity contribution in [3.05, 3.63) is 108 Å². The van der Waals surface area contributed by atoms with Crippen molar-refractivity contribution in [2.75, 3.05) is 19.6 Å². The van der Waals surface area contributed by atoms with Gasteiger partial charge in [-0.05, 0) is 41.3 Å². The van der Waals surface area contributed by atoms with Crippen LogP contribution < -0.4 is 5.73 Å². The summed E-state index contributed by atoms with van der Waals surface area (Å²) in [4.78, 5) is 61.7. The van der Waals surface area contributed by atoms with Crippen molar-refractivity contribution >= 4 is 34.7 Å². The summed E-state index contributed by atoms with van der Waals surface area (Å²) in [7, 11) is 0. The van der Waals surface area contributed by atoms with Gasteiger partial charge in [0.1, 0.15) is 24.5 Å². The van der Waals surface area contributed by atoms with Crippen LogP contribution in [0.1, 0.15) is 23.1 Å². The molecule has 2 aliphatic rings. The fraction of sp³-hybridized carbons (Fsp3) is 0.286. The molecule has 0 unspecified atom stereocenters. The predicted molar refractivity (Wildman–Crippen MR) is 174 cm³/mol. The maximum Gasteiger partial charge on any atom is 0.246 e.